The minimum atomic E-state index is -0.683. The highest BCUT2D eigenvalue weighted by atomic mass is 16.5. The third-order valence-corrected chi connectivity index (χ3v) is 2.86. The highest BCUT2D eigenvalue weighted by Gasteiger charge is 2.26. The second kappa shape index (κ2) is 7.65. The molecule has 3 N–H and O–H groups in total. The van der Waals surface area contributed by atoms with E-state index >= 15 is 0 Å². The SMILES string of the molecule is CC(C)[C@@H](NC(=O)[C@H](C)N)C(=O)OCc1ccccc1. The third kappa shape index (κ3) is 5.01. The van der Waals surface area contributed by atoms with E-state index in [9.17, 15) is 9.59 Å². The summed E-state index contributed by atoms with van der Waals surface area (Å²) in [6.07, 6.45) is 0. The number of rotatable bonds is 6. The van der Waals surface area contributed by atoms with Crippen LogP contribution in [-0.2, 0) is 20.9 Å². The molecule has 1 amide bonds. The summed E-state index contributed by atoms with van der Waals surface area (Å²) in [7, 11) is 0. The predicted octanol–water partition coefficient (Wildman–Crippen LogP) is 1.22. The van der Waals surface area contributed by atoms with Crippen LogP contribution in [0.15, 0.2) is 30.3 Å². The van der Waals surface area contributed by atoms with Gasteiger partial charge in [0, 0.05) is 0 Å². The van der Waals surface area contributed by atoms with Gasteiger partial charge in [-0.25, -0.2) is 4.79 Å². The van der Waals surface area contributed by atoms with E-state index in [4.69, 9.17) is 10.5 Å². The Morgan fingerprint density at radius 3 is 2.30 bits per heavy atom. The van der Waals surface area contributed by atoms with Gasteiger partial charge in [0.05, 0.1) is 6.04 Å². The maximum Gasteiger partial charge on any atom is 0.329 e. The van der Waals surface area contributed by atoms with Crippen molar-refractivity contribution in [2.75, 3.05) is 0 Å². The molecule has 0 bridgehead atoms. The Kier molecular flexibility index (Phi) is 6.18. The maximum atomic E-state index is 12.0. The molecule has 0 aromatic heterocycles. The number of amides is 1. The smallest absolute Gasteiger partial charge is 0.329 e. The van der Waals surface area contributed by atoms with E-state index in [1.807, 2.05) is 44.2 Å². The fourth-order valence-electron chi connectivity index (χ4n) is 1.60. The summed E-state index contributed by atoms with van der Waals surface area (Å²) in [5, 5.41) is 2.61. The molecule has 0 aliphatic heterocycles. The molecule has 0 saturated carbocycles. The number of benzene rings is 1. The first-order chi connectivity index (χ1) is 9.41. The van der Waals surface area contributed by atoms with Crippen molar-refractivity contribution in [1.29, 1.82) is 0 Å². The minimum absolute atomic E-state index is 0.0685. The van der Waals surface area contributed by atoms with E-state index in [0.717, 1.165) is 5.56 Å². The van der Waals surface area contributed by atoms with Crippen LogP contribution in [0.1, 0.15) is 26.3 Å². The second-order valence-corrected chi connectivity index (χ2v) is 5.11. The molecule has 2 atom stereocenters. The molecule has 5 nitrogen and oxygen atoms in total. The van der Waals surface area contributed by atoms with Crippen molar-refractivity contribution in [3.63, 3.8) is 0 Å². The Bertz CT molecular complexity index is 444. The van der Waals surface area contributed by atoms with Crippen LogP contribution in [0.3, 0.4) is 0 Å². The first-order valence-electron chi connectivity index (χ1n) is 6.68. The molecule has 110 valence electrons. The summed E-state index contributed by atoms with van der Waals surface area (Å²) in [6.45, 7) is 5.45. The van der Waals surface area contributed by atoms with Gasteiger partial charge in [0.15, 0.2) is 0 Å². The zero-order valence-corrected chi connectivity index (χ0v) is 12.1. The molecule has 1 aromatic rings. The van der Waals surface area contributed by atoms with E-state index < -0.39 is 18.1 Å². The van der Waals surface area contributed by atoms with Gasteiger partial charge in [0.25, 0.3) is 0 Å². The summed E-state index contributed by atoms with van der Waals surface area (Å²) in [5.74, 6) is -0.876. The standard InChI is InChI=1S/C15H22N2O3/c1-10(2)13(17-14(18)11(3)16)15(19)20-9-12-7-5-4-6-8-12/h4-8,10-11,13H,9,16H2,1-3H3,(H,17,18)/t11-,13+/m0/s1. The average molecular weight is 278 g/mol. The molecule has 0 unspecified atom stereocenters. The molecule has 20 heavy (non-hydrogen) atoms. The van der Waals surface area contributed by atoms with Crippen molar-refractivity contribution >= 4 is 11.9 Å². The number of nitrogens with two attached hydrogens (primary N) is 1. The largest absolute Gasteiger partial charge is 0.459 e. The van der Waals surface area contributed by atoms with E-state index in [-0.39, 0.29) is 18.4 Å². The fraction of sp³-hybridized carbons (Fsp3) is 0.467. The number of esters is 1. The van der Waals surface area contributed by atoms with Gasteiger partial charge in [-0.15, -0.1) is 0 Å². The Labute approximate surface area is 119 Å². The Hall–Kier alpha value is -1.88. The molecule has 1 aromatic carbocycles. The van der Waals surface area contributed by atoms with Gasteiger partial charge in [-0.1, -0.05) is 44.2 Å². The first-order valence-corrected chi connectivity index (χ1v) is 6.68. The maximum absolute atomic E-state index is 12.0. The Balaban J connectivity index is 2.58. The summed E-state index contributed by atoms with van der Waals surface area (Å²) < 4.78 is 5.24. The number of hydrogen-bond donors (Lipinski definition) is 2. The molecule has 0 fully saturated rings. The van der Waals surface area contributed by atoms with Crippen LogP contribution in [0.2, 0.25) is 0 Å². The topological polar surface area (TPSA) is 81.4 Å². The van der Waals surface area contributed by atoms with E-state index in [0.29, 0.717) is 0 Å². The van der Waals surface area contributed by atoms with Crippen LogP contribution in [-0.4, -0.2) is 24.0 Å². The van der Waals surface area contributed by atoms with E-state index in [1.54, 1.807) is 6.92 Å². The minimum Gasteiger partial charge on any atom is -0.459 e. The molecule has 5 heteroatoms. The molecule has 0 aliphatic rings. The predicted molar refractivity (Wildman–Crippen MR) is 76.7 cm³/mol. The molecule has 1 rings (SSSR count). The molecule has 0 saturated heterocycles. The molecular formula is C15H22N2O3. The zero-order valence-electron chi connectivity index (χ0n) is 12.1. The molecule has 0 heterocycles. The summed E-state index contributed by atoms with van der Waals surface area (Å²) in [4.78, 5) is 23.6. The summed E-state index contributed by atoms with van der Waals surface area (Å²) in [5.41, 5.74) is 6.39. The van der Waals surface area contributed by atoms with Gasteiger partial charge in [-0.2, -0.15) is 0 Å². The normalized spacial score (nSPS) is 13.7. The van der Waals surface area contributed by atoms with Crippen molar-refractivity contribution in [3.05, 3.63) is 35.9 Å². The second-order valence-electron chi connectivity index (χ2n) is 5.11. The lowest BCUT2D eigenvalue weighted by molar-refractivity contribution is -0.150. The van der Waals surface area contributed by atoms with Gasteiger partial charge in [-0.05, 0) is 18.4 Å². The molecule has 0 spiro atoms. The number of carbonyl (C=O) groups is 2. The van der Waals surface area contributed by atoms with Gasteiger partial charge in [-0.3, -0.25) is 4.79 Å². The van der Waals surface area contributed by atoms with E-state index in [2.05, 4.69) is 5.32 Å². The lowest BCUT2D eigenvalue weighted by Gasteiger charge is -2.21. The summed E-state index contributed by atoms with van der Waals surface area (Å²) >= 11 is 0. The van der Waals surface area contributed by atoms with Crippen LogP contribution < -0.4 is 11.1 Å². The average Bonchev–Trinajstić information content (AvgIpc) is 2.42. The molecular weight excluding hydrogens is 256 g/mol. The molecule has 0 radical (unpaired) electrons. The van der Waals surface area contributed by atoms with E-state index in [1.165, 1.54) is 0 Å². The quantitative estimate of drug-likeness (QED) is 0.767. The van der Waals surface area contributed by atoms with Gasteiger partial charge >= 0.3 is 5.97 Å². The van der Waals surface area contributed by atoms with Gasteiger partial charge in [0.2, 0.25) is 5.91 Å². The molecule has 0 aliphatic carbocycles. The monoisotopic (exact) mass is 278 g/mol. The van der Waals surface area contributed by atoms with Crippen LogP contribution >= 0.6 is 0 Å². The third-order valence-electron chi connectivity index (χ3n) is 2.86. The van der Waals surface area contributed by atoms with Gasteiger partial charge < -0.3 is 15.8 Å². The van der Waals surface area contributed by atoms with Crippen LogP contribution in [0, 0.1) is 5.92 Å². The number of hydrogen-bond acceptors (Lipinski definition) is 4. The lowest BCUT2D eigenvalue weighted by Crippen LogP contribution is -2.50. The van der Waals surface area contributed by atoms with Crippen LogP contribution in [0.5, 0.6) is 0 Å². The van der Waals surface area contributed by atoms with Crippen LogP contribution in [0.25, 0.3) is 0 Å². The van der Waals surface area contributed by atoms with Crippen LogP contribution in [0.4, 0.5) is 0 Å². The fourth-order valence-corrected chi connectivity index (χ4v) is 1.60. The van der Waals surface area contributed by atoms with Crippen molar-refractivity contribution < 1.29 is 14.3 Å². The summed E-state index contributed by atoms with van der Waals surface area (Å²) in [6, 6.07) is 8.05. The first kappa shape index (κ1) is 16.2. The Morgan fingerprint density at radius 2 is 1.80 bits per heavy atom. The number of ether oxygens (including phenoxy) is 1. The highest BCUT2D eigenvalue weighted by Crippen LogP contribution is 2.07. The lowest BCUT2D eigenvalue weighted by atomic mass is 10.0. The number of nitrogens with one attached hydrogen (secondary N) is 1. The Morgan fingerprint density at radius 1 is 1.20 bits per heavy atom. The van der Waals surface area contributed by atoms with Crippen molar-refractivity contribution in [1.82, 2.24) is 5.32 Å². The zero-order chi connectivity index (χ0) is 15.1. The highest BCUT2D eigenvalue weighted by molar-refractivity contribution is 5.87. The number of carbonyl (C=O) groups excluding carboxylic acids is 2. The van der Waals surface area contributed by atoms with Crippen molar-refractivity contribution in [2.45, 2.75) is 39.5 Å². The van der Waals surface area contributed by atoms with Crippen molar-refractivity contribution in [3.8, 4) is 0 Å². The van der Waals surface area contributed by atoms with Gasteiger partial charge in [0.1, 0.15) is 12.6 Å². The van der Waals surface area contributed by atoms with Crippen molar-refractivity contribution in [2.24, 2.45) is 11.7 Å².